The van der Waals surface area contributed by atoms with Gasteiger partial charge in [-0.3, -0.25) is 0 Å². The molecule has 3 heteroatoms. The summed E-state index contributed by atoms with van der Waals surface area (Å²) in [6.45, 7) is 0.258. The highest BCUT2D eigenvalue weighted by Gasteiger charge is 2.25. The van der Waals surface area contributed by atoms with Crippen molar-refractivity contribution in [2.24, 2.45) is 5.92 Å². The Kier molecular flexibility index (Phi) is 3.78. The Hall–Kier alpha value is -1.09. The van der Waals surface area contributed by atoms with Crippen LogP contribution in [0.25, 0.3) is 0 Å². The molecule has 2 nitrogen and oxygen atoms in total. The van der Waals surface area contributed by atoms with Crippen molar-refractivity contribution in [1.29, 1.82) is 0 Å². The van der Waals surface area contributed by atoms with Gasteiger partial charge in [0.2, 0.25) is 0 Å². The van der Waals surface area contributed by atoms with Gasteiger partial charge in [-0.2, -0.15) is 0 Å². The largest absolute Gasteiger partial charge is 0.490 e. The molecule has 0 aliphatic heterocycles. The Morgan fingerprint density at radius 3 is 2.69 bits per heavy atom. The van der Waals surface area contributed by atoms with E-state index in [0.29, 0.717) is 5.92 Å². The SMILES string of the molecule is OCCC1CCC(Oc2ccc(F)cc2)C1. The van der Waals surface area contributed by atoms with E-state index < -0.39 is 0 Å². The van der Waals surface area contributed by atoms with Crippen LogP contribution in [0, 0.1) is 11.7 Å². The lowest BCUT2D eigenvalue weighted by Crippen LogP contribution is -2.12. The number of ether oxygens (including phenoxy) is 1. The molecule has 0 saturated heterocycles. The summed E-state index contributed by atoms with van der Waals surface area (Å²) in [6.07, 6.45) is 4.23. The van der Waals surface area contributed by atoms with Gasteiger partial charge in [-0.1, -0.05) is 0 Å². The first-order chi connectivity index (χ1) is 7.78. The van der Waals surface area contributed by atoms with Gasteiger partial charge in [-0.15, -0.1) is 0 Å². The van der Waals surface area contributed by atoms with E-state index in [1.54, 1.807) is 12.1 Å². The van der Waals surface area contributed by atoms with Crippen LogP contribution in [0.1, 0.15) is 25.7 Å². The lowest BCUT2D eigenvalue weighted by atomic mass is 10.1. The third kappa shape index (κ3) is 2.95. The Balaban J connectivity index is 1.84. The molecule has 0 spiro atoms. The molecule has 0 aromatic heterocycles. The molecule has 0 bridgehead atoms. The number of hydrogen-bond donors (Lipinski definition) is 1. The van der Waals surface area contributed by atoms with Gasteiger partial charge < -0.3 is 9.84 Å². The van der Waals surface area contributed by atoms with Gasteiger partial charge in [-0.05, 0) is 55.9 Å². The molecular weight excluding hydrogens is 207 g/mol. The fraction of sp³-hybridized carbons (Fsp3) is 0.538. The van der Waals surface area contributed by atoms with Crippen molar-refractivity contribution >= 4 is 0 Å². The zero-order valence-corrected chi connectivity index (χ0v) is 9.23. The maximum atomic E-state index is 12.7. The lowest BCUT2D eigenvalue weighted by Gasteiger charge is -2.13. The van der Waals surface area contributed by atoms with Gasteiger partial charge in [0.1, 0.15) is 11.6 Å². The molecule has 88 valence electrons. The molecule has 0 heterocycles. The number of aliphatic hydroxyl groups excluding tert-OH is 1. The Morgan fingerprint density at radius 2 is 2.00 bits per heavy atom. The summed E-state index contributed by atoms with van der Waals surface area (Å²) in [4.78, 5) is 0. The average Bonchev–Trinajstić information content (AvgIpc) is 2.70. The van der Waals surface area contributed by atoms with E-state index >= 15 is 0 Å². The molecule has 0 radical (unpaired) electrons. The van der Waals surface area contributed by atoms with Crippen molar-refractivity contribution in [1.82, 2.24) is 0 Å². The van der Waals surface area contributed by atoms with Crippen molar-refractivity contribution in [3.05, 3.63) is 30.1 Å². The van der Waals surface area contributed by atoms with Gasteiger partial charge in [0.15, 0.2) is 0 Å². The van der Waals surface area contributed by atoms with E-state index in [1.807, 2.05) is 0 Å². The minimum atomic E-state index is -0.239. The van der Waals surface area contributed by atoms with Crippen LogP contribution in [0.3, 0.4) is 0 Å². The molecule has 1 saturated carbocycles. The van der Waals surface area contributed by atoms with Crippen LogP contribution in [-0.4, -0.2) is 17.8 Å². The second kappa shape index (κ2) is 5.30. The van der Waals surface area contributed by atoms with Crippen molar-refractivity contribution in [3.8, 4) is 5.75 Å². The molecular formula is C13H17FO2. The lowest BCUT2D eigenvalue weighted by molar-refractivity contribution is 0.197. The summed E-state index contributed by atoms with van der Waals surface area (Å²) < 4.78 is 18.4. The highest BCUT2D eigenvalue weighted by molar-refractivity contribution is 5.22. The molecule has 16 heavy (non-hydrogen) atoms. The van der Waals surface area contributed by atoms with Crippen LogP contribution in [-0.2, 0) is 0 Å². The number of benzene rings is 1. The molecule has 2 rings (SSSR count). The summed E-state index contributed by atoms with van der Waals surface area (Å²) in [5.74, 6) is 1.07. The fourth-order valence-corrected chi connectivity index (χ4v) is 2.29. The van der Waals surface area contributed by atoms with Crippen LogP contribution in [0.5, 0.6) is 5.75 Å². The zero-order chi connectivity index (χ0) is 11.4. The van der Waals surface area contributed by atoms with Crippen LogP contribution in [0.15, 0.2) is 24.3 Å². The molecule has 1 aromatic rings. The van der Waals surface area contributed by atoms with Crippen molar-refractivity contribution in [2.45, 2.75) is 31.8 Å². The van der Waals surface area contributed by atoms with Gasteiger partial charge in [0.05, 0.1) is 6.10 Å². The molecule has 2 unspecified atom stereocenters. The van der Waals surface area contributed by atoms with Crippen LogP contribution in [0.4, 0.5) is 4.39 Å². The number of halogens is 1. The first-order valence-corrected chi connectivity index (χ1v) is 5.81. The Labute approximate surface area is 95.1 Å². The molecule has 1 fully saturated rings. The van der Waals surface area contributed by atoms with Crippen LogP contribution >= 0.6 is 0 Å². The van der Waals surface area contributed by atoms with Gasteiger partial charge >= 0.3 is 0 Å². The smallest absolute Gasteiger partial charge is 0.123 e. The second-order valence-electron chi connectivity index (χ2n) is 4.39. The monoisotopic (exact) mass is 224 g/mol. The standard InChI is InChI=1S/C13H17FO2/c14-11-2-5-12(6-3-11)16-13-4-1-10(9-13)7-8-15/h2-3,5-6,10,13,15H,1,4,7-9H2. The van der Waals surface area contributed by atoms with Gasteiger partial charge in [-0.25, -0.2) is 4.39 Å². The van der Waals surface area contributed by atoms with E-state index in [4.69, 9.17) is 9.84 Å². The van der Waals surface area contributed by atoms with Gasteiger partial charge in [0, 0.05) is 6.61 Å². The van der Waals surface area contributed by atoms with Crippen molar-refractivity contribution < 1.29 is 14.2 Å². The molecule has 2 atom stereocenters. The molecule has 1 aliphatic rings. The highest BCUT2D eigenvalue weighted by atomic mass is 19.1. The van der Waals surface area contributed by atoms with Crippen molar-refractivity contribution in [3.63, 3.8) is 0 Å². The third-order valence-electron chi connectivity index (χ3n) is 3.15. The highest BCUT2D eigenvalue weighted by Crippen LogP contribution is 2.31. The maximum Gasteiger partial charge on any atom is 0.123 e. The number of hydrogen-bond acceptors (Lipinski definition) is 2. The normalized spacial score (nSPS) is 24.6. The Bertz CT molecular complexity index is 323. The number of rotatable bonds is 4. The van der Waals surface area contributed by atoms with E-state index in [2.05, 4.69) is 0 Å². The summed E-state index contributed by atoms with van der Waals surface area (Å²) in [6, 6.07) is 6.15. The van der Waals surface area contributed by atoms with E-state index in [0.717, 1.165) is 31.4 Å². The number of aliphatic hydroxyl groups is 1. The summed E-state index contributed by atoms with van der Waals surface area (Å²) in [5, 5.41) is 8.85. The zero-order valence-electron chi connectivity index (χ0n) is 9.23. The third-order valence-corrected chi connectivity index (χ3v) is 3.15. The van der Waals surface area contributed by atoms with Gasteiger partial charge in [0.25, 0.3) is 0 Å². The minimum absolute atomic E-state index is 0.224. The maximum absolute atomic E-state index is 12.7. The first-order valence-electron chi connectivity index (χ1n) is 5.81. The van der Waals surface area contributed by atoms with E-state index in [-0.39, 0.29) is 18.5 Å². The molecule has 1 N–H and O–H groups in total. The first kappa shape index (κ1) is 11.4. The van der Waals surface area contributed by atoms with Crippen molar-refractivity contribution in [2.75, 3.05) is 6.61 Å². The summed E-state index contributed by atoms with van der Waals surface area (Å²) >= 11 is 0. The molecule has 0 amide bonds. The topological polar surface area (TPSA) is 29.5 Å². The fourth-order valence-electron chi connectivity index (χ4n) is 2.29. The van der Waals surface area contributed by atoms with E-state index in [1.165, 1.54) is 12.1 Å². The summed E-state index contributed by atoms with van der Waals surface area (Å²) in [7, 11) is 0. The average molecular weight is 224 g/mol. The quantitative estimate of drug-likeness (QED) is 0.852. The predicted octanol–water partition coefficient (Wildman–Crippen LogP) is 2.76. The second-order valence-corrected chi connectivity index (χ2v) is 4.39. The molecule has 1 aromatic carbocycles. The van der Waals surface area contributed by atoms with Crippen LogP contribution < -0.4 is 4.74 Å². The minimum Gasteiger partial charge on any atom is -0.490 e. The van der Waals surface area contributed by atoms with Crippen LogP contribution in [0.2, 0.25) is 0 Å². The molecule has 1 aliphatic carbocycles. The predicted molar refractivity (Wildman–Crippen MR) is 59.9 cm³/mol. The Morgan fingerprint density at radius 1 is 1.25 bits per heavy atom. The van der Waals surface area contributed by atoms with E-state index in [9.17, 15) is 4.39 Å². The summed E-state index contributed by atoms with van der Waals surface area (Å²) in [5.41, 5.74) is 0.